The van der Waals surface area contributed by atoms with Crippen LogP contribution in [0.5, 0.6) is 0 Å². The molecule has 0 aliphatic heterocycles. The van der Waals surface area contributed by atoms with Gasteiger partial charge in [-0.05, 0) is 23.3 Å². The van der Waals surface area contributed by atoms with E-state index in [1.165, 1.54) is 0 Å². The zero-order chi connectivity index (χ0) is 13.8. The number of hydrogen-bond acceptors (Lipinski definition) is 3. The van der Waals surface area contributed by atoms with E-state index < -0.39 is 0 Å². The van der Waals surface area contributed by atoms with Gasteiger partial charge in [0.15, 0.2) is 0 Å². The first-order chi connectivity index (χ1) is 9.81. The molecule has 2 aromatic heterocycles. The van der Waals surface area contributed by atoms with Gasteiger partial charge in [0, 0.05) is 17.8 Å². The van der Waals surface area contributed by atoms with Gasteiger partial charge >= 0.3 is 5.97 Å². The van der Waals surface area contributed by atoms with Crippen LogP contribution in [0.1, 0.15) is 11.1 Å². The number of carbonyl (C=O) groups excluding carboxylic acids is 1. The van der Waals surface area contributed by atoms with Crippen LogP contribution in [0.4, 0.5) is 0 Å². The van der Waals surface area contributed by atoms with Gasteiger partial charge in [-0.25, -0.2) is 4.98 Å². The molecule has 4 heteroatoms. The molecule has 0 saturated carbocycles. The molecule has 2 heterocycles. The van der Waals surface area contributed by atoms with Gasteiger partial charge in [0.25, 0.3) is 0 Å². The average Bonchev–Trinajstić information content (AvgIpc) is 2.94. The molecule has 0 aliphatic rings. The number of esters is 1. The Bertz CT molecular complexity index is 719. The normalized spacial score (nSPS) is 10.6. The molecular formula is C16H14N2O2. The third-order valence-corrected chi connectivity index (χ3v) is 3.05. The molecule has 0 radical (unpaired) electrons. The Labute approximate surface area is 116 Å². The molecule has 0 saturated heterocycles. The fourth-order valence-electron chi connectivity index (χ4n) is 2.04. The molecule has 4 nitrogen and oxygen atoms in total. The van der Waals surface area contributed by atoms with Gasteiger partial charge in [0.2, 0.25) is 0 Å². The molecule has 1 aromatic carbocycles. The molecule has 0 unspecified atom stereocenters. The molecule has 0 amide bonds. The zero-order valence-electron chi connectivity index (χ0n) is 10.9. The molecule has 20 heavy (non-hydrogen) atoms. The van der Waals surface area contributed by atoms with Crippen molar-refractivity contribution in [3.05, 3.63) is 66.0 Å². The predicted molar refractivity (Wildman–Crippen MR) is 76.0 cm³/mol. The van der Waals surface area contributed by atoms with Crippen LogP contribution in [0, 0.1) is 0 Å². The Morgan fingerprint density at radius 2 is 2.00 bits per heavy atom. The molecule has 0 aliphatic carbocycles. The second kappa shape index (κ2) is 5.57. The highest BCUT2D eigenvalue weighted by molar-refractivity contribution is 5.78. The summed E-state index contributed by atoms with van der Waals surface area (Å²) in [7, 11) is 0. The number of carbonyl (C=O) groups is 1. The number of nitrogens with one attached hydrogen (secondary N) is 1. The molecule has 100 valence electrons. The maximum atomic E-state index is 11.8. The van der Waals surface area contributed by atoms with Crippen molar-refractivity contribution in [3.63, 3.8) is 0 Å². The van der Waals surface area contributed by atoms with E-state index in [4.69, 9.17) is 4.74 Å². The molecular weight excluding hydrogens is 252 g/mol. The molecule has 0 atom stereocenters. The van der Waals surface area contributed by atoms with Crippen molar-refractivity contribution in [3.8, 4) is 0 Å². The second-order valence-corrected chi connectivity index (χ2v) is 4.58. The number of benzene rings is 1. The van der Waals surface area contributed by atoms with E-state index in [1.807, 2.05) is 48.7 Å². The van der Waals surface area contributed by atoms with Gasteiger partial charge in [0.1, 0.15) is 12.3 Å². The fourth-order valence-corrected chi connectivity index (χ4v) is 2.04. The molecule has 1 N–H and O–H groups in total. The lowest BCUT2D eigenvalue weighted by Gasteiger charge is -2.05. The van der Waals surface area contributed by atoms with Crippen LogP contribution in [-0.2, 0) is 22.6 Å². The summed E-state index contributed by atoms with van der Waals surface area (Å²) in [6, 6.07) is 13.5. The molecule has 0 fully saturated rings. The molecule has 3 aromatic rings. The Morgan fingerprint density at radius 3 is 2.85 bits per heavy atom. The summed E-state index contributed by atoms with van der Waals surface area (Å²) in [4.78, 5) is 19.1. The third-order valence-electron chi connectivity index (χ3n) is 3.05. The van der Waals surface area contributed by atoms with Crippen LogP contribution in [0.15, 0.2) is 54.9 Å². The summed E-state index contributed by atoms with van der Waals surface area (Å²) in [6.45, 7) is 0.305. The van der Waals surface area contributed by atoms with Gasteiger partial charge in [0.05, 0.1) is 6.42 Å². The minimum atomic E-state index is -0.245. The number of fused-ring (bicyclic) bond motifs is 1. The highest BCUT2D eigenvalue weighted by Crippen LogP contribution is 2.12. The van der Waals surface area contributed by atoms with E-state index in [2.05, 4.69) is 9.97 Å². The van der Waals surface area contributed by atoms with Gasteiger partial charge in [-0.1, -0.05) is 30.3 Å². The first-order valence-corrected chi connectivity index (χ1v) is 6.43. The number of H-pyrrole nitrogens is 1. The van der Waals surface area contributed by atoms with Crippen molar-refractivity contribution in [1.29, 1.82) is 0 Å². The van der Waals surface area contributed by atoms with Crippen LogP contribution in [0.2, 0.25) is 0 Å². The zero-order valence-corrected chi connectivity index (χ0v) is 10.9. The SMILES string of the molecule is O=C(Cc1cnc2[nH]ccc2c1)OCc1ccccc1. The van der Waals surface area contributed by atoms with E-state index >= 15 is 0 Å². The number of aromatic nitrogens is 2. The minimum absolute atomic E-state index is 0.237. The molecule has 3 rings (SSSR count). The number of aromatic amines is 1. The van der Waals surface area contributed by atoms with E-state index in [0.717, 1.165) is 22.2 Å². The number of nitrogens with zero attached hydrogens (tertiary/aromatic N) is 1. The Balaban J connectivity index is 1.61. The lowest BCUT2D eigenvalue weighted by Crippen LogP contribution is -2.08. The molecule has 0 spiro atoms. The standard InChI is InChI=1S/C16H14N2O2/c19-15(20-11-12-4-2-1-3-5-12)9-13-8-14-6-7-17-16(14)18-10-13/h1-8,10H,9,11H2,(H,17,18). The summed E-state index contributed by atoms with van der Waals surface area (Å²) < 4.78 is 5.25. The van der Waals surface area contributed by atoms with E-state index in [1.54, 1.807) is 6.20 Å². The lowest BCUT2D eigenvalue weighted by molar-refractivity contribution is -0.144. The van der Waals surface area contributed by atoms with Crippen LogP contribution in [0.25, 0.3) is 11.0 Å². The third kappa shape index (κ3) is 2.85. The van der Waals surface area contributed by atoms with Gasteiger partial charge in [-0.15, -0.1) is 0 Å². The average molecular weight is 266 g/mol. The highest BCUT2D eigenvalue weighted by atomic mass is 16.5. The summed E-state index contributed by atoms with van der Waals surface area (Å²) in [5.41, 5.74) is 2.67. The summed E-state index contributed by atoms with van der Waals surface area (Å²) >= 11 is 0. The number of rotatable bonds is 4. The first kappa shape index (κ1) is 12.4. The number of pyridine rings is 1. The van der Waals surface area contributed by atoms with Crippen molar-refractivity contribution in [2.24, 2.45) is 0 Å². The van der Waals surface area contributed by atoms with Crippen LogP contribution < -0.4 is 0 Å². The second-order valence-electron chi connectivity index (χ2n) is 4.58. The van der Waals surface area contributed by atoms with Crippen molar-refractivity contribution < 1.29 is 9.53 Å². The Hall–Kier alpha value is -2.62. The number of hydrogen-bond donors (Lipinski definition) is 1. The quantitative estimate of drug-likeness (QED) is 0.739. The van der Waals surface area contributed by atoms with Crippen LogP contribution >= 0.6 is 0 Å². The number of ether oxygens (including phenoxy) is 1. The fraction of sp³-hybridized carbons (Fsp3) is 0.125. The van der Waals surface area contributed by atoms with Gasteiger partial charge in [-0.3, -0.25) is 4.79 Å². The lowest BCUT2D eigenvalue weighted by atomic mass is 10.2. The van der Waals surface area contributed by atoms with E-state index in [0.29, 0.717) is 6.61 Å². The summed E-state index contributed by atoms with van der Waals surface area (Å²) in [5.74, 6) is -0.245. The maximum absolute atomic E-state index is 11.8. The monoisotopic (exact) mass is 266 g/mol. The minimum Gasteiger partial charge on any atom is -0.461 e. The topological polar surface area (TPSA) is 55.0 Å². The van der Waals surface area contributed by atoms with Crippen molar-refractivity contribution >= 4 is 17.0 Å². The maximum Gasteiger partial charge on any atom is 0.310 e. The van der Waals surface area contributed by atoms with Crippen molar-refractivity contribution in [1.82, 2.24) is 9.97 Å². The Kier molecular flexibility index (Phi) is 3.46. The summed E-state index contributed by atoms with van der Waals surface area (Å²) in [6.07, 6.45) is 3.76. The van der Waals surface area contributed by atoms with Crippen molar-refractivity contribution in [2.75, 3.05) is 0 Å². The van der Waals surface area contributed by atoms with Crippen molar-refractivity contribution in [2.45, 2.75) is 13.0 Å². The predicted octanol–water partition coefficient (Wildman–Crippen LogP) is 2.85. The van der Waals surface area contributed by atoms with E-state index in [9.17, 15) is 4.79 Å². The largest absolute Gasteiger partial charge is 0.461 e. The summed E-state index contributed by atoms with van der Waals surface area (Å²) in [5, 5.41) is 0.998. The Morgan fingerprint density at radius 1 is 1.15 bits per heavy atom. The van der Waals surface area contributed by atoms with E-state index in [-0.39, 0.29) is 12.4 Å². The van der Waals surface area contributed by atoms with Gasteiger partial charge in [-0.2, -0.15) is 0 Å². The van der Waals surface area contributed by atoms with Crippen LogP contribution in [0.3, 0.4) is 0 Å². The molecule has 0 bridgehead atoms. The highest BCUT2D eigenvalue weighted by Gasteiger charge is 2.07. The first-order valence-electron chi connectivity index (χ1n) is 6.43. The van der Waals surface area contributed by atoms with Gasteiger partial charge < -0.3 is 9.72 Å². The smallest absolute Gasteiger partial charge is 0.310 e. The van der Waals surface area contributed by atoms with Crippen LogP contribution in [-0.4, -0.2) is 15.9 Å².